The van der Waals surface area contributed by atoms with Crippen LogP contribution in [0.25, 0.3) is 11.0 Å². The highest BCUT2D eigenvalue weighted by Crippen LogP contribution is 2.43. The summed E-state index contributed by atoms with van der Waals surface area (Å²) < 4.78 is 7.45. The van der Waals surface area contributed by atoms with Crippen LogP contribution < -0.4 is 5.32 Å². The van der Waals surface area contributed by atoms with E-state index < -0.39 is 6.04 Å². The van der Waals surface area contributed by atoms with Crippen LogP contribution >= 0.6 is 23.2 Å². The lowest BCUT2D eigenvalue weighted by atomic mass is 9.93. The van der Waals surface area contributed by atoms with Gasteiger partial charge in [0.1, 0.15) is 0 Å². The predicted octanol–water partition coefficient (Wildman–Crippen LogP) is 5.98. The van der Waals surface area contributed by atoms with Gasteiger partial charge in [-0.05, 0) is 43.2 Å². The number of fused-ring (bicyclic) bond motifs is 3. The van der Waals surface area contributed by atoms with Gasteiger partial charge in [-0.25, -0.2) is 9.78 Å². The first-order valence-electron chi connectivity index (χ1n) is 9.64. The van der Waals surface area contributed by atoms with E-state index in [2.05, 4.69) is 12.2 Å². The molecule has 1 aromatic heterocycles. The largest absolute Gasteiger partial charge is 0.463 e. The number of rotatable bonds is 5. The Morgan fingerprint density at radius 3 is 2.72 bits per heavy atom. The molecule has 1 unspecified atom stereocenters. The normalized spacial score (nSPS) is 15.9. The first-order valence-corrected chi connectivity index (χ1v) is 10.4. The second-order valence-electron chi connectivity index (χ2n) is 6.85. The Labute approximate surface area is 179 Å². The number of para-hydroxylation sites is 2. The number of esters is 1. The monoisotopic (exact) mass is 429 g/mol. The van der Waals surface area contributed by atoms with Crippen LogP contribution in [0.15, 0.2) is 53.7 Å². The van der Waals surface area contributed by atoms with Crippen molar-refractivity contribution in [2.45, 2.75) is 32.7 Å². The third-order valence-corrected chi connectivity index (χ3v) is 5.53. The van der Waals surface area contributed by atoms with Crippen LogP contribution in [0, 0.1) is 0 Å². The summed E-state index contributed by atoms with van der Waals surface area (Å²) in [5.74, 6) is 0.321. The Bertz CT molecular complexity index is 1120. The smallest absolute Gasteiger partial charge is 0.338 e. The van der Waals surface area contributed by atoms with Gasteiger partial charge >= 0.3 is 5.97 Å². The number of hydrogen-bond donors (Lipinski definition) is 1. The Hall–Kier alpha value is -2.50. The molecule has 29 heavy (non-hydrogen) atoms. The average Bonchev–Trinajstić information content (AvgIpc) is 3.06. The fourth-order valence-electron chi connectivity index (χ4n) is 3.80. The van der Waals surface area contributed by atoms with E-state index in [1.807, 2.05) is 34.9 Å². The van der Waals surface area contributed by atoms with Crippen LogP contribution in [0.5, 0.6) is 0 Å². The van der Waals surface area contributed by atoms with Crippen LogP contribution in [-0.4, -0.2) is 22.1 Å². The summed E-state index contributed by atoms with van der Waals surface area (Å²) >= 11 is 12.7. The number of carbonyl (C=O) groups is 1. The summed E-state index contributed by atoms with van der Waals surface area (Å²) in [5.41, 5.74) is 3.88. The molecule has 1 N–H and O–H groups in total. The van der Waals surface area contributed by atoms with E-state index in [0.717, 1.165) is 28.7 Å². The van der Waals surface area contributed by atoms with E-state index in [-0.39, 0.29) is 5.97 Å². The van der Waals surface area contributed by atoms with Crippen LogP contribution in [0.1, 0.15) is 38.3 Å². The van der Waals surface area contributed by atoms with Crippen molar-refractivity contribution in [3.8, 4) is 0 Å². The van der Waals surface area contributed by atoms with Gasteiger partial charge in [-0.3, -0.25) is 4.57 Å². The second kappa shape index (κ2) is 8.09. The van der Waals surface area contributed by atoms with Gasteiger partial charge in [0.05, 0.1) is 29.3 Å². The zero-order chi connectivity index (χ0) is 20.5. The van der Waals surface area contributed by atoms with Crippen LogP contribution in [-0.2, 0) is 9.53 Å². The molecule has 5 nitrogen and oxygen atoms in total. The number of anilines is 1. The molecule has 4 rings (SSSR count). The Morgan fingerprint density at radius 1 is 1.21 bits per heavy atom. The third kappa shape index (κ3) is 3.49. The van der Waals surface area contributed by atoms with Gasteiger partial charge in [-0.1, -0.05) is 54.7 Å². The molecule has 7 heteroatoms. The number of imidazole rings is 1. The standard InChI is InChI=1S/C22H21Cl2N3O2/c1-3-7-17-19(21(28)29-4-2)20(14-11-10-13(23)12-15(14)24)27-18-9-6-5-8-16(18)25-22(27)26-17/h5-6,8-12,20H,3-4,7H2,1-2H3,(H,25,26). The zero-order valence-corrected chi connectivity index (χ0v) is 17.7. The molecule has 0 saturated carbocycles. The Morgan fingerprint density at radius 2 is 2.00 bits per heavy atom. The van der Waals surface area contributed by atoms with E-state index in [4.69, 9.17) is 32.9 Å². The quantitative estimate of drug-likeness (QED) is 0.507. The lowest BCUT2D eigenvalue weighted by Gasteiger charge is -2.31. The summed E-state index contributed by atoms with van der Waals surface area (Å²) in [6.45, 7) is 4.16. The molecule has 2 aromatic carbocycles. The molecule has 0 amide bonds. The summed E-state index contributed by atoms with van der Waals surface area (Å²) in [5, 5.41) is 4.40. The number of nitrogens with one attached hydrogen (secondary N) is 1. The van der Waals surface area contributed by atoms with Gasteiger partial charge < -0.3 is 10.1 Å². The van der Waals surface area contributed by atoms with Gasteiger partial charge in [0.15, 0.2) is 0 Å². The first-order chi connectivity index (χ1) is 14.0. The molecule has 2 heterocycles. The molecule has 0 spiro atoms. The summed E-state index contributed by atoms with van der Waals surface area (Å²) in [7, 11) is 0. The van der Waals surface area contributed by atoms with E-state index in [0.29, 0.717) is 34.6 Å². The minimum absolute atomic E-state index is 0.292. The number of nitrogens with zero attached hydrogens (tertiary/aromatic N) is 2. The predicted molar refractivity (Wildman–Crippen MR) is 117 cm³/mol. The molecule has 1 aliphatic heterocycles. The van der Waals surface area contributed by atoms with Crippen molar-refractivity contribution in [3.63, 3.8) is 0 Å². The molecule has 0 fully saturated rings. The lowest BCUT2D eigenvalue weighted by molar-refractivity contribution is -0.139. The fraction of sp³-hybridized carbons (Fsp3) is 0.273. The number of benzene rings is 2. The minimum Gasteiger partial charge on any atom is -0.463 e. The molecule has 1 atom stereocenters. The van der Waals surface area contributed by atoms with Crippen molar-refractivity contribution < 1.29 is 9.53 Å². The van der Waals surface area contributed by atoms with E-state index in [9.17, 15) is 4.79 Å². The van der Waals surface area contributed by atoms with Crippen molar-refractivity contribution in [2.75, 3.05) is 11.9 Å². The Balaban J connectivity index is 2.02. The fourth-order valence-corrected chi connectivity index (χ4v) is 4.31. The van der Waals surface area contributed by atoms with Gasteiger partial charge in [-0.15, -0.1) is 0 Å². The SMILES string of the molecule is CCCC1=C(C(=O)OCC)C(c2ccc(Cl)cc2Cl)n2c(nc3ccccc32)N1. The number of ether oxygens (including phenoxy) is 1. The van der Waals surface area contributed by atoms with Crippen LogP contribution in [0.2, 0.25) is 10.0 Å². The number of hydrogen-bond acceptors (Lipinski definition) is 4. The van der Waals surface area contributed by atoms with Crippen molar-refractivity contribution in [1.29, 1.82) is 0 Å². The Kier molecular flexibility index (Phi) is 5.52. The number of aromatic nitrogens is 2. The van der Waals surface area contributed by atoms with Crippen molar-refractivity contribution in [3.05, 3.63) is 69.3 Å². The van der Waals surface area contributed by atoms with E-state index in [1.165, 1.54) is 0 Å². The molecular formula is C22H21Cl2N3O2. The molecule has 150 valence electrons. The molecule has 3 aromatic rings. The maximum Gasteiger partial charge on any atom is 0.338 e. The molecule has 0 radical (unpaired) electrons. The third-order valence-electron chi connectivity index (χ3n) is 4.97. The topological polar surface area (TPSA) is 56.2 Å². The van der Waals surface area contributed by atoms with Crippen molar-refractivity contribution in [2.24, 2.45) is 0 Å². The van der Waals surface area contributed by atoms with Crippen LogP contribution in [0.4, 0.5) is 5.95 Å². The highest BCUT2D eigenvalue weighted by Gasteiger charge is 2.36. The number of allylic oxidation sites excluding steroid dienone is 1. The number of halogens is 2. The maximum absolute atomic E-state index is 13.1. The summed E-state index contributed by atoms with van der Waals surface area (Å²) in [4.78, 5) is 17.8. The zero-order valence-electron chi connectivity index (χ0n) is 16.2. The molecule has 0 saturated heterocycles. The van der Waals surface area contributed by atoms with Crippen molar-refractivity contribution >= 4 is 46.2 Å². The maximum atomic E-state index is 13.1. The molecule has 0 aliphatic carbocycles. The first kappa shape index (κ1) is 19.8. The van der Waals surface area contributed by atoms with Gasteiger partial charge in [0, 0.05) is 15.7 Å². The summed E-state index contributed by atoms with van der Waals surface area (Å²) in [6, 6.07) is 12.7. The van der Waals surface area contributed by atoms with Crippen molar-refractivity contribution in [1.82, 2.24) is 9.55 Å². The second-order valence-corrected chi connectivity index (χ2v) is 7.69. The summed E-state index contributed by atoms with van der Waals surface area (Å²) in [6.07, 6.45) is 1.56. The van der Waals surface area contributed by atoms with E-state index >= 15 is 0 Å². The highest BCUT2D eigenvalue weighted by atomic mass is 35.5. The molecular weight excluding hydrogens is 409 g/mol. The number of carbonyl (C=O) groups excluding carboxylic acids is 1. The van der Waals surface area contributed by atoms with Gasteiger partial charge in [-0.2, -0.15) is 0 Å². The van der Waals surface area contributed by atoms with Gasteiger partial charge in [0.2, 0.25) is 5.95 Å². The molecule has 0 bridgehead atoms. The van der Waals surface area contributed by atoms with Gasteiger partial charge in [0.25, 0.3) is 0 Å². The highest BCUT2D eigenvalue weighted by molar-refractivity contribution is 6.35. The molecule has 1 aliphatic rings. The minimum atomic E-state index is -0.469. The average molecular weight is 430 g/mol. The van der Waals surface area contributed by atoms with E-state index in [1.54, 1.807) is 19.1 Å². The lowest BCUT2D eigenvalue weighted by Crippen LogP contribution is -2.30. The van der Waals surface area contributed by atoms with Crippen LogP contribution in [0.3, 0.4) is 0 Å².